The highest BCUT2D eigenvalue weighted by atomic mass is 127. The van der Waals surface area contributed by atoms with Gasteiger partial charge in [-0.2, -0.15) is 0 Å². The van der Waals surface area contributed by atoms with Gasteiger partial charge in [0.1, 0.15) is 36.1 Å². The molecule has 33 heavy (non-hydrogen) atoms. The van der Waals surface area contributed by atoms with Crippen LogP contribution in [0.1, 0.15) is 11.8 Å². The number of phenols is 2. The highest BCUT2D eigenvalue weighted by Crippen LogP contribution is 2.39. The first-order valence-corrected chi connectivity index (χ1v) is 12.0. The number of rotatable bonds is 7. The van der Waals surface area contributed by atoms with E-state index >= 15 is 0 Å². The number of phenolic OH excluding ortho intramolecular Hbond substituents is 2. The molecule has 3 heterocycles. The van der Waals surface area contributed by atoms with E-state index in [1.54, 1.807) is 6.07 Å². The normalized spacial score (nSPS) is 23.3. The second-order valence-electron chi connectivity index (χ2n) is 7.13. The van der Waals surface area contributed by atoms with Crippen molar-refractivity contribution >= 4 is 47.4 Å². The topological polar surface area (TPSA) is 213 Å². The van der Waals surface area contributed by atoms with E-state index in [0.29, 0.717) is 3.57 Å². The Morgan fingerprint density at radius 3 is 2.67 bits per heavy atom. The molecule has 2 aromatic heterocycles. The van der Waals surface area contributed by atoms with Crippen molar-refractivity contribution in [3.8, 4) is 11.5 Å². The summed E-state index contributed by atoms with van der Waals surface area (Å²) in [7, 11) is -4.79. The fourth-order valence-corrected chi connectivity index (χ4v) is 4.22. The Hall–Kier alpha value is -2.11. The summed E-state index contributed by atoms with van der Waals surface area (Å²) in [5.41, 5.74) is 0.775. The molecule has 14 nitrogen and oxygen atoms in total. The van der Waals surface area contributed by atoms with E-state index < -0.39 is 39.0 Å². The Balaban J connectivity index is 1.57. The van der Waals surface area contributed by atoms with E-state index in [-0.39, 0.29) is 40.6 Å². The lowest BCUT2D eigenvalue weighted by Gasteiger charge is -2.16. The van der Waals surface area contributed by atoms with Gasteiger partial charge in [0.15, 0.2) is 23.2 Å². The largest absolute Gasteiger partial charge is 0.507 e. The van der Waals surface area contributed by atoms with Crippen LogP contribution in [0, 0.1) is 3.57 Å². The van der Waals surface area contributed by atoms with Crippen molar-refractivity contribution in [2.45, 2.75) is 31.1 Å². The maximum atomic E-state index is 10.9. The molecule has 1 aliphatic heterocycles. The summed E-state index contributed by atoms with van der Waals surface area (Å²) >= 11 is 1.93. The quantitative estimate of drug-likeness (QED) is 0.144. The fraction of sp³-hybridized carbons (Fsp3) is 0.353. The highest BCUT2D eigenvalue weighted by Gasteiger charge is 2.45. The summed E-state index contributed by atoms with van der Waals surface area (Å²) in [6.45, 7) is -0.618. The summed E-state index contributed by atoms with van der Waals surface area (Å²) in [6, 6.07) is 3.03. The minimum atomic E-state index is -4.79. The molecule has 0 aliphatic carbocycles. The number of nitrogens with zero attached hydrogens (tertiary/aromatic N) is 4. The maximum absolute atomic E-state index is 10.9. The summed E-state index contributed by atoms with van der Waals surface area (Å²) in [5.74, 6) is 0.0982. The van der Waals surface area contributed by atoms with Gasteiger partial charge in [0.05, 0.1) is 22.1 Å². The number of halogens is 1. The van der Waals surface area contributed by atoms with Crippen molar-refractivity contribution in [2.24, 2.45) is 0 Å². The minimum absolute atomic E-state index is 0.0243. The van der Waals surface area contributed by atoms with Crippen molar-refractivity contribution < 1.29 is 44.0 Å². The molecule has 3 aromatic rings. The van der Waals surface area contributed by atoms with Crippen molar-refractivity contribution in [1.29, 1.82) is 0 Å². The van der Waals surface area contributed by atoms with Gasteiger partial charge in [-0.1, -0.05) is 0 Å². The summed E-state index contributed by atoms with van der Waals surface area (Å²) < 4.78 is 22.8. The van der Waals surface area contributed by atoms with E-state index in [9.17, 15) is 25.0 Å². The van der Waals surface area contributed by atoms with Crippen molar-refractivity contribution in [2.75, 3.05) is 11.9 Å². The molecule has 1 saturated heterocycles. The average Bonchev–Trinajstić information content (AvgIpc) is 3.31. The van der Waals surface area contributed by atoms with Crippen LogP contribution in [-0.4, -0.2) is 74.7 Å². The molecule has 0 bridgehead atoms. The molecule has 4 rings (SSSR count). The number of ether oxygens (including phenoxy) is 1. The Labute approximate surface area is 199 Å². The first kappa shape index (κ1) is 24.0. The zero-order valence-corrected chi connectivity index (χ0v) is 19.6. The SMILES string of the molecule is O=P(O)(O)OC[C@H]1O[C@@H](n2cnc3c(NCc4c(O)ccc(I)c4O)ncnc32)[C@H](O)[C@@H]1O. The van der Waals surface area contributed by atoms with Gasteiger partial charge in [0.2, 0.25) is 0 Å². The number of phosphoric ester groups is 1. The van der Waals surface area contributed by atoms with Crippen LogP contribution in [0.4, 0.5) is 5.82 Å². The number of nitrogens with one attached hydrogen (secondary N) is 1. The lowest BCUT2D eigenvalue weighted by atomic mass is 10.1. The second-order valence-corrected chi connectivity index (χ2v) is 9.53. The predicted octanol–water partition coefficient (Wildman–Crippen LogP) is 0.183. The van der Waals surface area contributed by atoms with Gasteiger partial charge in [0, 0.05) is 6.54 Å². The maximum Gasteiger partial charge on any atom is 0.469 e. The first-order chi connectivity index (χ1) is 15.6. The average molecular weight is 595 g/mol. The predicted molar refractivity (Wildman–Crippen MR) is 119 cm³/mol. The lowest BCUT2D eigenvalue weighted by Crippen LogP contribution is -2.33. The minimum Gasteiger partial charge on any atom is -0.507 e. The van der Waals surface area contributed by atoms with Gasteiger partial charge in [0.25, 0.3) is 0 Å². The van der Waals surface area contributed by atoms with Gasteiger partial charge in [-0.25, -0.2) is 19.5 Å². The van der Waals surface area contributed by atoms with Crippen molar-refractivity contribution in [1.82, 2.24) is 19.5 Å². The third-order valence-electron chi connectivity index (χ3n) is 5.02. The van der Waals surface area contributed by atoms with Gasteiger partial charge in [-0.05, 0) is 34.7 Å². The summed E-state index contributed by atoms with van der Waals surface area (Å²) in [4.78, 5) is 30.2. The molecule has 1 aliphatic rings. The Bertz CT molecular complexity index is 1220. The molecule has 4 atom stereocenters. The highest BCUT2D eigenvalue weighted by molar-refractivity contribution is 14.1. The van der Waals surface area contributed by atoms with E-state index in [2.05, 4.69) is 24.8 Å². The number of hydrogen-bond acceptors (Lipinski definition) is 11. The molecule has 7 N–H and O–H groups in total. The number of aliphatic hydroxyl groups is 2. The number of aliphatic hydroxyl groups excluding tert-OH is 2. The standard InChI is InChI=1S/C17H19IN5O9P/c18-8-1-2-9(24)7(12(8)25)3-19-15-11-16(21-5-20-15)23(6-22-11)17-14(27)13(26)10(32-17)4-31-33(28,29)30/h1-2,5-6,10,13-14,17,24-27H,3-4H2,(H,19,20,21)(H2,28,29,30)/t10-,13-,14-,17-/m1/s1. The molecule has 16 heteroatoms. The van der Waals surface area contributed by atoms with Gasteiger partial charge >= 0.3 is 7.82 Å². The van der Waals surface area contributed by atoms with Crippen LogP contribution >= 0.6 is 30.4 Å². The number of aromatic nitrogens is 4. The van der Waals surface area contributed by atoms with E-state index in [1.165, 1.54) is 23.3 Å². The van der Waals surface area contributed by atoms with E-state index in [4.69, 9.17) is 14.5 Å². The molecule has 1 aromatic carbocycles. The van der Waals surface area contributed by atoms with Crippen molar-refractivity contribution in [3.63, 3.8) is 0 Å². The number of fused-ring (bicyclic) bond motifs is 1. The fourth-order valence-electron chi connectivity index (χ4n) is 3.38. The number of hydrogen-bond donors (Lipinski definition) is 7. The Morgan fingerprint density at radius 2 is 1.94 bits per heavy atom. The third kappa shape index (κ3) is 4.90. The molecule has 0 unspecified atom stereocenters. The monoisotopic (exact) mass is 595 g/mol. The van der Waals surface area contributed by atoms with E-state index in [1.807, 2.05) is 22.6 Å². The molecule has 0 radical (unpaired) electrons. The van der Waals surface area contributed by atoms with Crippen LogP contribution in [-0.2, 0) is 20.4 Å². The number of aromatic hydroxyl groups is 2. The van der Waals surface area contributed by atoms with Crippen LogP contribution < -0.4 is 5.32 Å². The Kier molecular flexibility index (Phi) is 6.75. The zero-order chi connectivity index (χ0) is 23.9. The molecule has 178 valence electrons. The van der Waals surface area contributed by atoms with Gasteiger partial charge in [-0.15, -0.1) is 0 Å². The van der Waals surface area contributed by atoms with Crippen LogP contribution in [0.5, 0.6) is 11.5 Å². The molecular weight excluding hydrogens is 576 g/mol. The summed E-state index contributed by atoms with van der Waals surface area (Å²) in [5, 5.41) is 43.8. The Morgan fingerprint density at radius 1 is 1.18 bits per heavy atom. The summed E-state index contributed by atoms with van der Waals surface area (Å²) in [6.07, 6.45) is -2.78. The van der Waals surface area contributed by atoms with Crippen LogP contribution in [0.25, 0.3) is 11.2 Å². The number of imidazole rings is 1. The molecular formula is C17H19IN5O9P. The lowest BCUT2D eigenvalue weighted by molar-refractivity contribution is -0.0504. The zero-order valence-electron chi connectivity index (χ0n) is 16.6. The smallest absolute Gasteiger partial charge is 0.469 e. The van der Waals surface area contributed by atoms with E-state index in [0.717, 1.165) is 0 Å². The first-order valence-electron chi connectivity index (χ1n) is 9.39. The van der Waals surface area contributed by atoms with Gasteiger partial charge in [-0.3, -0.25) is 9.09 Å². The molecule has 1 fully saturated rings. The van der Waals surface area contributed by atoms with Crippen molar-refractivity contribution in [3.05, 3.63) is 33.9 Å². The van der Waals surface area contributed by atoms with Crippen LogP contribution in [0.2, 0.25) is 0 Å². The number of benzene rings is 1. The van der Waals surface area contributed by atoms with Crippen LogP contribution in [0.15, 0.2) is 24.8 Å². The molecule has 0 saturated carbocycles. The molecule has 0 amide bonds. The number of phosphoric acid groups is 1. The molecule has 0 spiro atoms. The number of anilines is 1. The second kappa shape index (κ2) is 9.27. The van der Waals surface area contributed by atoms with Gasteiger partial charge < -0.3 is 40.3 Å². The van der Waals surface area contributed by atoms with Crippen LogP contribution in [0.3, 0.4) is 0 Å². The third-order valence-corrected chi connectivity index (χ3v) is 6.37.